The zero-order valence-electron chi connectivity index (χ0n) is 14.7. The zero-order valence-corrected chi connectivity index (χ0v) is 14.7. The minimum absolute atomic E-state index is 0.247. The molecule has 0 saturated carbocycles. The first kappa shape index (κ1) is 17.0. The van der Waals surface area contributed by atoms with Crippen LogP contribution in [0, 0.1) is 0 Å². The van der Waals surface area contributed by atoms with Gasteiger partial charge in [0.1, 0.15) is 5.75 Å². The van der Waals surface area contributed by atoms with Crippen LogP contribution in [0.3, 0.4) is 0 Å². The van der Waals surface area contributed by atoms with E-state index in [1.807, 2.05) is 12.1 Å². The minimum atomic E-state index is 0.247. The Kier molecular flexibility index (Phi) is 5.57. The van der Waals surface area contributed by atoms with E-state index in [-0.39, 0.29) is 5.41 Å². The Balaban J connectivity index is 1.71. The van der Waals surface area contributed by atoms with Crippen molar-refractivity contribution in [2.45, 2.75) is 44.4 Å². The third-order valence-electron chi connectivity index (χ3n) is 5.42. The Morgan fingerprint density at radius 1 is 1.04 bits per heavy atom. The molecule has 0 radical (unpaired) electrons. The fourth-order valence-electron chi connectivity index (χ4n) is 4.23. The second kappa shape index (κ2) is 7.85. The van der Waals surface area contributed by atoms with Gasteiger partial charge in [-0.25, -0.2) is 0 Å². The van der Waals surface area contributed by atoms with Crippen LogP contribution in [0.25, 0.3) is 0 Å². The molecule has 0 aliphatic carbocycles. The van der Waals surface area contributed by atoms with Gasteiger partial charge in [-0.1, -0.05) is 55.8 Å². The number of nitrogens with zero attached hydrogens (tertiary/aromatic N) is 1. The first-order chi connectivity index (χ1) is 11.7. The van der Waals surface area contributed by atoms with Gasteiger partial charge in [0.2, 0.25) is 0 Å². The summed E-state index contributed by atoms with van der Waals surface area (Å²) in [6.07, 6.45) is 6.06. The van der Waals surface area contributed by atoms with Crippen molar-refractivity contribution in [3.8, 4) is 5.75 Å². The standard InChI is InChI=1S/C22H29NO/c1-2-14-22(20-9-11-21(24)12-10-20)15-6-16-23(18-22)17-13-19-7-4-3-5-8-19/h3-5,7-12,24H,2,6,13-18H2,1H3. The molecule has 1 aliphatic heterocycles. The number of aromatic hydroxyl groups is 1. The molecule has 2 heteroatoms. The van der Waals surface area contributed by atoms with Gasteiger partial charge in [0.15, 0.2) is 0 Å². The third-order valence-corrected chi connectivity index (χ3v) is 5.42. The highest BCUT2D eigenvalue weighted by Crippen LogP contribution is 2.38. The summed E-state index contributed by atoms with van der Waals surface area (Å²) >= 11 is 0. The molecule has 1 aliphatic rings. The first-order valence-corrected chi connectivity index (χ1v) is 9.28. The summed E-state index contributed by atoms with van der Waals surface area (Å²) in [6, 6.07) is 18.7. The van der Waals surface area contributed by atoms with Crippen molar-refractivity contribution >= 4 is 0 Å². The van der Waals surface area contributed by atoms with Gasteiger partial charge in [-0.05, 0) is 55.5 Å². The number of phenolic OH excluding ortho intramolecular Hbond substituents is 1. The molecule has 0 spiro atoms. The van der Waals surface area contributed by atoms with Crippen molar-refractivity contribution in [2.75, 3.05) is 19.6 Å². The molecule has 128 valence electrons. The second-order valence-electron chi connectivity index (χ2n) is 7.19. The molecule has 2 nitrogen and oxygen atoms in total. The Hall–Kier alpha value is -1.80. The summed E-state index contributed by atoms with van der Waals surface area (Å²) in [4.78, 5) is 2.64. The smallest absolute Gasteiger partial charge is 0.115 e. The van der Waals surface area contributed by atoms with Gasteiger partial charge < -0.3 is 10.0 Å². The highest BCUT2D eigenvalue weighted by Gasteiger charge is 2.36. The summed E-state index contributed by atoms with van der Waals surface area (Å²) in [5.41, 5.74) is 3.07. The van der Waals surface area contributed by atoms with E-state index in [0.717, 1.165) is 19.5 Å². The summed E-state index contributed by atoms with van der Waals surface area (Å²) in [7, 11) is 0. The topological polar surface area (TPSA) is 23.5 Å². The minimum Gasteiger partial charge on any atom is -0.508 e. The Bertz CT molecular complexity index is 618. The highest BCUT2D eigenvalue weighted by atomic mass is 16.3. The fraction of sp³-hybridized carbons (Fsp3) is 0.455. The van der Waals surface area contributed by atoms with Gasteiger partial charge in [-0.2, -0.15) is 0 Å². The maximum atomic E-state index is 9.62. The number of piperidine rings is 1. The van der Waals surface area contributed by atoms with Crippen molar-refractivity contribution in [3.05, 3.63) is 65.7 Å². The molecule has 24 heavy (non-hydrogen) atoms. The first-order valence-electron chi connectivity index (χ1n) is 9.28. The number of benzene rings is 2. The lowest BCUT2D eigenvalue weighted by molar-refractivity contribution is 0.139. The zero-order chi connectivity index (χ0) is 16.8. The van der Waals surface area contributed by atoms with E-state index in [2.05, 4.69) is 54.3 Å². The Morgan fingerprint density at radius 2 is 1.79 bits per heavy atom. The average molecular weight is 323 g/mol. The molecule has 0 aromatic heterocycles. The molecule has 0 amide bonds. The molecule has 1 saturated heterocycles. The monoisotopic (exact) mass is 323 g/mol. The number of rotatable bonds is 6. The van der Waals surface area contributed by atoms with Gasteiger partial charge in [0.25, 0.3) is 0 Å². The highest BCUT2D eigenvalue weighted by molar-refractivity contribution is 5.32. The van der Waals surface area contributed by atoms with Crippen LogP contribution in [0.2, 0.25) is 0 Å². The average Bonchev–Trinajstić information content (AvgIpc) is 2.62. The Morgan fingerprint density at radius 3 is 2.50 bits per heavy atom. The predicted octanol–water partition coefficient (Wildman–Crippen LogP) is 4.77. The van der Waals surface area contributed by atoms with Gasteiger partial charge in [0, 0.05) is 18.5 Å². The van der Waals surface area contributed by atoms with Crippen LogP contribution < -0.4 is 0 Å². The van der Waals surface area contributed by atoms with E-state index >= 15 is 0 Å². The van der Waals surface area contributed by atoms with Crippen LogP contribution in [0.1, 0.15) is 43.7 Å². The van der Waals surface area contributed by atoms with Crippen molar-refractivity contribution in [1.29, 1.82) is 0 Å². The van der Waals surface area contributed by atoms with Crippen LogP contribution in [-0.4, -0.2) is 29.6 Å². The Labute approximate surface area is 146 Å². The molecule has 2 aromatic carbocycles. The fourth-order valence-corrected chi connectivity index (χ4v) is 4.23. The van der Waals surface area contributed by atoms with E-state index in [0.29, 0.717) is 5.75 Å². The summed E-state index contributed by atoms with van der Waals surface area (Å²) in [5, 5.41) is 9.62. The van der Waals surface area contributed by atoms with Crippen LogP contribution in [0.4, 0.5) is 0 Å². The molecule has 1 heterocycles. The second-order valence-corrected chi connectivity index (χ2v) is 7.19. The number of phenols is 1. The van der Waals surface area contributed by atoms with E-state index in [4.69, 9.17) is 0 Å². The van der Waals surface area contributed by atoms with Crippen LogP contribution >= 0.6 is 0 Å². The molecule has 1 N–H and O–H groups in total. The summed E-state index contributed by atoms with van der Waals surface area (Å²) in [5.74, 6) is 0.363. The number of hydrogen-bond donors (Lipinski definition) is 1. The molecule has 0 bridgehead atoms. The van der Waals surface area contributed by atoms with Crippen LogP contribution in [-0.2, 0) is 11.8 Å². The normalized spacial score (nSPS) is 21.7. The van der Waals surface area contributed by atoms with Crippen LogP contribution in [0.15, 0.2) is 54.6 Å². The summed E-state index contributed by atoms with van der Waals surface area (Å²) in [6.45, 7) is 5.76. The molecule has 3 rings (SSSR count). The molecule has 1 fully saturated rings. The van der Waals surface area contributed by atoms with E-state index in [9.17, 15) is 5.11 Å². The third kappa shape index (κ3) is 3.99. The number of likely N-dealkylation sites (tertiary alicyclic amines) is 1. The largest absolute Gasteiger partial charge is 0.508 e. The van der Waals surface area contributed by atoms with E-state index in [1.54, 1.807) is 0 Å². The van der Waals surface area contributed by atoms with Crippen LogP contribution in [0.5, 0.6) is 5.75 Å². The molecule has 1 unspecified atom stereocenters. The van der Waals surface area contributed by atoms with Gasteiger partial charge in [0.05, 0.1) is 0 Å². The number of hydrogen-bond acceptors (Lipinski definition) is 2. The summed E-state index contributed by atoms with van der Waals surface area (Å²) < 4.78 is 0. The maximum absolute atomic E-state index is 9.62. The SMILES string of the molecule is CCCC1(c2ccc(O)cc2)CCCN(CCc2ccccc2)C1. The molecule has 2 aromatic rings. The van der Waals surface area contributed by atoms with Gasteiger partial charge >= 0.3 is 0 Å². The molecular weight excluding hydrogens is 294 g/mol. The predicted molar refractivity (Wildman–Crippen MR) is 101 cm³/mol. The van der Waals surface area contributed by atoms with Crippen molar-refractivity contribution in [2.24, 2.45) is 0 Å². The maximum Gasteiger partial charge on any atom is 0.115 e. The lowest BCUT2D eigenvalue weighted by Gasteiger charge is -2.43. The van der Waals surface area contributed by atoms with E-state index < -0.39 is 0 Å². The van der Waals surface area contributed by atoms with Crippen molar-refractivity contribution < 1.29 is 5.11 Å². The molecular formula is C22H29NO. The van der Waals surface area contributed by atoms with Crippen molar-refractivity contribution in [3.63, 3.8) is 0 Å². The lowest BCUT2D eigenvalue weighted by atomic mass is 9.71. The van der Waals surface area contributed by atoms with Gasteiger partial charge in [-0.3, -0.25) is 0 Å². The van der Waals surface area contributed by atoms with E-state index in [1.165, 1.54) is 43.4 Å². The quantitative estimate of drug-likeness (QED) is 0.828. The molecule has 1 atom stereocenters. The van der Waals surface area contributed by atoms with Crippen molar-refractivity contribution in [1.82, 2.24) is 4.90 Å². The van der Waals surface area contributed by atoms with Gasteiger partial charge in [-0.15, -0.1) is 0 Å². The lowest BCUT2D eigenvalue weighted by Crippen LogP contribution is -2.46.